The van der Waals surface area contributed by atoms with Crippen molar-refractivity contribution in [3.05, 3.63) is 52.4 Å². The Morgan fingerprint density at radius 1 is 1.35 bits per heavy atom. The maximum absolute atomic E-state index is 12.4. The fourth-order valence-corrected chi connectivity index (χ4v) is 3.48. The standard InChI is InChI=1S/C20H26N4O2/c1-3-24-20(26)12-17(13-21-24)23-10-6-8-16(14-23)11-19(25)22-18-9-5-4-7-15(18)2/h4-5,7,9,12-13,16H,3,6,8,10-11,14H2,1-2H3,(H,22,25). The van der Waals surface area contributed by atoms with Crippen LogP contribution in [0.1, 0.15) is 31.7 Å². The summed E-state index contributed by atoms with van der Waals surface area (Å²) in [6, 6.07) is 9.45. The fourth-order valence-electron chi connectivity index (χ4n) is 3.48. The van der Waals surface area contributed by atoms with Crippen molar-refractivity contribution in [2.75, 3.05) is 23.3 Å². The van der Waals surface area contributed by atoms with Gasteiger partial charge in [0.1, 0.15) is 0 Å². The maximum Gasteiger partial charge on any atom is 0.268 e. The Labute approximate surface area is 153 Å². The number of aromatic nitrogens is 2. The Bertz CT molecular complexity index is 831. The van der Waals surface area contributed by atoms with Crippen molar-refractivity contribution < 1.29 is 4.79 Å². The number of amides is 1. The lowest BCUT2D eigenvalue weighted by Crippen LogP contribution is -2.38. The molecule has 3 rings (SSSR count). The first-order valence-corrected chi connectivity index (χ1v) is 9.24. The summed E-state index contributed by atoms with van der Waals surface area (Å²) in [7, 11) is 0. The van der Waals surface area contributed by atoms with Gasteiger partial charge >= 0.3 is 0 Å². The van der Waals surface area contributed by atoms with E-state index in [1.165, 1.54) is 4.68 Å². The van der Waals surface area contributed by atoms with Crippen molar-refractivity contribution in [3.63, 3.8) is 0 Å². The molecule has 1 amide bonds. The van der Waals surface area contributed by atoms with Crippen molar-refractivity contribution in [2.45, 2.75) is 39.7 Å². The minimum Gasteiger partial charge on any atom is -0.370 e. The molecule has 26 heavy (non-hydrogen) atoms. The molecule has 6 nitrogen and oxygen atoms in total. The van der Waals surface area contributed by atoms with Gasteiger partial charge in [0.05, 0.1) is 11.9 Å². The number of rotatable bonds is 5. The molecule has 1 aliphatic rings. The van der Waals surface area contributed by atoms with Crippen molar-refractivity contribution in [1.82, 2.24) is 9.78 Å². The maximum atomic E-state index is 12.4. The molecule has 138 valence electrons. The van der Waals surface area contributed by atoms with E-state index in [2.05, 4.69) is 15.3 Å². The van der Waals surface area contributed by atoms with Gasteiger partial charge in [0.2, 0.25) is 5.91 Å². The van der Waals surface area contributed by atoms with Crippen LogP contribution in [0, 0.1) is 12.8 Å². The second-order valence-electron chi connectivity index (χ2n) is 6.89. The van der Waals surface area contributed by atoms with Gasteiger partial charge in [0.25, 0.3) is 5.56 Å². The molecule has 2 aromatic rings. The van der Waals surface area contributed by atoms with Gasteiger partial charge in [-0.25, -0.2) is 4.68 Å². The number of hydrogen-bond acceptors (Lipinski definition) is 4. The van der Waals surface area contributed by atoms with E-state index in [0.29, 0.717) is 13.0 Å². The van der Waals surface area contributed by atoms with Crippen LogP contribution < -0.4 is 15.8 Å². The van der Waals surface area contributed by atoms with Gasteiger partial charge in [-0.3, -0.25) is 9.59 Å². The van der Waals surface area contributed by atoms with Crippen LogP contribution in [0.15, 0.2) is 41.3 Å². The zero-order valence-electron chi connectivity index (χ0n) is 15.4. The first kappa shape index (κ1) is 18.2. The molecular weight excluding hydrogens is 328 g/mol. The second kappa shape index (κ2) is 8.17. The Hall–Kier alpha value is -2.63. The Kier molecular flexibility index (Phi) is 5.71. The first-order valence-electron chi connectivity index (χ1n) is 9.24. The van der Waals surface area contributed by atoms with Crippen LogP contribution >= 0.6 is 0 Å². The molecule has 1 atom stereocenters. The molecule has 6 heteroatoms. The van der Waals surface area contributed by atoms with Crippen LogP contribution in [0.5, 0.6) is 0 Å². The summed E-state index contributed by atoms with van der Waals surface area (Å²) in [6.07, 6.45) is 4.28. The number of nitrogens with one attached hydrogen (secondary N) is 1. The van der Waals surface area contributed by atoms with E-state index in [-0.39, 0.29) is 17.4 Å². The van der Waals surface area contributed by atoms with Gasteiger partial charge in [-0.15, -0.1) is 0 Å². The molecular formula is C20H26N4O2. The largest absolute Gasteiger partial charge is 0.370 e. The van der Waals surface area contributed by atoms with Crippen molar-refractivity contribution in [1.29, 1.82) is 0 Å². The van der Waals surface area contributed by atoms with Crippen LogP contribution in [-0.4, -0.2) is 28.8 Å². The van der Waals surface area contributed by atoms with Crippen LogP contribution in [0.4, 0.5) is 11.4 Å². The Balaban J connectivity index is 1.61. The quantitative estimate of drug-likeness (QED) is 0.897. The third-order valence-electron chi connectivity index (χ3n) is 4.93. The number of carbonyl (C=O) groups is 1. The lowest BCUT2D eigenvalue weighted by Gasteiger charge is -2.34. The van der Waals surface area contributed by atoms with Crippen LogP contribution in [0.3, 0.4) is 0 Å². The normalized spacial score (nSPS) is 17.2. The molecule has 1 fully saturated rings. The molecule has 1 aromatic heterocycles. The zero-order chi connectivity index (χ0) is 18.5. The highest BCUT2D eigenvalue weighted by Gasteiger charge is 2.23. The predicted octanol–water partition coefficient (Wildman–Crippen LogP) is 2.82. The van der Waals surface area contributed by atoms with Gasteiger partial charge in [-0.05, 0) is 44.2 Å². The zero-order valence-corrected chi connectivity index (χ0v) is 15.4. The lowest BCUT2D eigenvalue weighted by molar-refractivity contribution is -0.117. The summed E-state index contributed by atoms with van der Waals surface area (Å²) < 4.78 is 1.45. The van der Waals surface area contributed by atoms with E-state index in [9.17, 15) is 9.59 Å². The molecule has 1 N–H and O–H groups in total. The highest BCUT2D eigenvalue weighted by molar-refractivity contribution is 5.91. The van der Waals surface area contributed by atoms with Crippen LogP contribution in [0.25, 0.3) is 0 Å². The number of carbonyl (C=O) groups excluding carboxylic acids is 1. The molecule has 1 unspecified atom stereocenters. The summed E-state index contributed by atoms with van der Waals surface area (Å²) >= 11 is 0. The monoisotopic (exact) mass is 354 g/mol. The van der Waals surface area contributed by atoms with Gasteiger partial charge in [-0.2, -0.15) is 5.10 Å². The first-order chi connectivity index (χ1) is 12.6. The van der Waals surface area contributed by atoms with Gasteiger partial charge < -0.3 is 10.2 Å². The molecule has 0 radical (unpaired) electrons. The number of anilines is 2. The summed E-state index contributed by atoms with van der Waals surface area (Å²) in [5, 5.41) is 7.22. The summed E-state index contributed by atoms with van der Waals surface area (Å²) in [4.78, 5) is 26.6. The van der Waals surface area contributed by atoms with E-state index in [4.69, 9.17) is 0 Å². The van der Waals surface area contributed by atoms with Crippen LogP contribution in [0.2, 0.25) is 0 Å². The number of aryl methyl sites for hydroxylation is 2. The second-order valence-corrected chi connectivity index (χ2v) is 6.89. The van der Waals surface area contributed by atoms with Crippen LogP contribution in [-0.2, 0) is 11.3 Å². The molecule has 1 saturated heterocycles. The average molecular weight is 354 g/mol. The highest BCUT2D eigenvalue weighted by atomic mass is 16.1. The predicted molar refractivity (Wildman–Crippen MR) is 104 cm³/mol. The van der Waals surface area contributed by atoms with Gasteiger partial charge in [0.15, 0.2) is 0 Å². The van der Waals surface area contributed by atoms with Gasteiger partial charge in [-0.1, -0.05) is 18.2 Å². The minimum absolute atomic E-state index is 0.0469. The lowest BCUT2D eigenvalue weighted by atomic mass is 9.94. The minimum atomic E-state index is -0.0792. The number of hydrogen-bond donors (Lipinski definition) is 1. The third-order valence-corrected chi connectivity index (χ3v) is 4.93. The topological polar surface area (TPSA) is 67.2 Å². The molecule has 0 bridgehead atoms. The average Bonchev–Trinajstić information content (AvgIpc) is 2.64. The van der Waals surface area contributed by atoms with Crippen molar-refractivity contribution in [3.8, 4) is 0 Å². The van der Waals surface area contributed by atoms with Gasteiger partial charge in [0, 0.05) is 37.8 Å². The smallest absolute Gasteiger partial charge is 0.268 e. The van der Waals surface area contributed by atoms with E-state index in [1.807, 2.05) is 38.1 Å². The van der Waals surface area contributed by atoms with Crippen molar-refractivity contribution in [2.24, 2.45) is 5.92 Å². The Morgan fingerprint density at radius 2 is 2.15 bits per heavy atom. The SMILES string of the molecule is CCn1ncc(N2CCCC(CC(=O)Nc3ccccc3C)C2)cc1=O. The van der Waals surface area contributed by atoms with Crippen molar-refractivity contribution >= 4 is 17.3 Å². The number of piperidine rings is 1. The van der Waals surface area contributed by atoms with E-state index in [0.717, 1.165) is 42.9 Å². The molecule has 1 aliphatic heterocycles. The highest BCUT2D eigenvalue weighted by Crippen LogP contribution is 2.24. The Morgan fingerprint density at radius 3 is 2.88 bits per heavy atom. The fraction of sp³-hybridized carbons (Fsp3) is 0.450. The van der Waals surface area contributed by atoms with E-state index >= 15 is 0 Å². The summed E-state index contributed by atoms with van der Waals surface area (Å²) in [6.45, 7) is 6.13. The molecule has 2 heterocycles. The number of para-hydroxylation sites is 1. The number of nitrogens with zero attached hydrogens (tertiary/aromatic N) is 3. The van der Waals surface area contributed by atoms with E-state index < -0.39 is 0 Å². The molecule has 0 saturated carbocycles. The molecule has 0 aliphatic carbocycles. The number of benzene rings is 1. The molecule has 1 aromatic carbocycles. The summed E-state index contributed by atoms with van der Waals surface area (Å²) in [5.74, 6) is 0.326. The molecule has 0 spiro atoms. The third kappa shape index (κ3) is 4.31. The summed E-state index contributed by atoms with van der Waals surface area (Å²) in [5.41, 5.74) is 2.71. The van der Waals surface area contributed by atoms with E-state index in [1.54, 1.807) is 12.3 Å².